The third-order valence-corrected chi connectivity index (χ3v) is 5.16. The number of rotatable bonds is 3. The predicted molar refractivity (Wildman–Crippen MR) is 69.5 cm³/mol. The van der Waals surface area contributed by atoms with Gasteiger partial charge >= 0.3 is 5.97 Å². The van der Waals surface area contributed by atoms with Gasteiger partial charge in [-0.1, -0.05) is 6.42 Å². The van der Waals surface area contributed by atoms with Crippen LogP contribution in [0.3, 0.4) is 0 Å². The Bertz CT molecular complexity index is 460. The minimum atomic E-state index is -0.648. The van der Waals surface area contributed by atoms with Gasteiger partial charge in [-0.3, -0.25) is 9.69 Å². The summed E-state index contributed by atoms with van der Waals surface area (Å²) in [7, 11) is 0. The maximum Gasteiger partial charge on any atom is 0.321 e. The maximum absolute atomic E-state index is 11.5. The molecule has 2 aliphatic rings. The van der Waals surface area contributed by atoms with Crippen molar-refractivity contribution in [3.63, 3.8) is 0 Å². The number of likely N-dealkylation sites (tertiary alicyclic amines) is 1. The Labute approximate surface area is 111 Å². The fourth-order valence-corrected chi connectivity index (χ4v) is 4.39. The summed E-state index contributed by atoms with van der Waals surface area (Å²) in [6, 6.07) is -0.278. The van der Waals surface area contributed by atoms with E-state index in [-0.39, 0.29) is 6.04 Å². The molecule has 1 saturated carbocycles. The first-order chi connectivity index (χ1) is 8.65. The maximum atomic E-state index is 11.5. The number of carboxylic acid groups (broad SMARTS) is 1. The SMILES string of the molecule is Cc1ncc(CN2CC3CCCC3C2C(=O)O)s1. The highest BCUT2D eigenvalue weighted by atomic mass is 32.1. The van der Waals surface area contributed by atoms with E-state index in [9.17, 15) is 9.90 Å². The lowest BCUT2D eigenvalue weighted by atomic mass is 9.94. The van der Waals surface area contributed by atoms with Crippen molar-refractivity contribution in [2.24, 2.45) is 11.8 Å². The average molecular weight is 266 g/mol. The number of carbonyl (C=O) groups is 1. The minimum Gasteiger partial charge on any atom is -0.480 e. The van der Waals surface area contributed by atoms with E-state index in [1.807, 2.05) is 13.1 Å². The van der Waals surface area contributed by atoms with Crippen LogP contribution in [0.1, 0.15) is 29.1 Å². The highest BCUT2D eigenvalue weighted by Crippen LogP contribution is 2.42. The summed E-state index contributed by atoms with van der Waals surface area (Å²) in [5, 5.41) is 10.5. The molecule has 0 spiro atoms. The van der Waals surface area contributed by atoms with Crippen molar-refractivity contribution in [2.75, 3.05) is 6.54 Å². The van der Waals surface area contributed by atoms with Gasteiger partial charge < -0.3 is 5.11 Å². The minimum absolute atomic E-state index is 0.278. The Morgan fingerprint density at radius 1 is 1.61 bits per heavy atom. The topological polar surface area (TPSA) is 53.4 Å². The van der Waals surface area contributed by atoms with Crippen LogP contribution in [-0.4, -0.2) is 33.5 Å². The van der Waals surface area contributed by atoms with Gasteiger partial charge in [0.1, 0.15) is 6.04 Å². The van der Waals surface area contributed by atoms with Crippen molar-refractivity contribution >= 4 is 17.3 Å². The first-order valence-corrected chi connectivity index (χ1v) is 7.35. The van der Waals surface area contributed by atoms with Crippen molar-refractivity contribution in [1.29, 1.82) is 0 Å². The summed E-state index contributed by atoms with van der Waals surface area (Å²) in [5.74, 6) is 0.322. The summed E-state index contributed by atoms with van der Waals surface area (Å²) in [6.07, 6.45) is 5.37. The highest BCUT2D eigenvalue weighted by molar-refractivity contribution is 7.11. The van der Waals surface area contributed by atoms with E-state index in [0.717, 1.165) is 24.5 Å². The Kier molecular flexibility index (Phi) is 3.11. The van der Waals surface area contributed by atoms with Gasteiger partial charge in [0.15, 0.2) is 0 Å². The summed E-state index contributed by atoms with van der Waals surface area (Å²) < 4.78 is 0. The lowest BCUT2D eigenvalue weighted by molar-refractivity contribution is -0.143. The third kappa shape index (κ3) is 2.06. The Morgan fingerprint density at radius 2 is 2.44 bits per heavy atom. The highest BCUT2D eigenvalue weighted by Gasteiger charge is 2.47. The Hall–Kier alpha value is -0.940. The molecule has 3 rings (SSSR count). The summed E-state index contributed by atoms with van der Waals surface area (Å²) in [4.78, 5) is 19.1. The molecular weight excluding hydrogens is 248 g/mol. The van der Waals surface area contributed by atoms with Crippen LogP contribution in [0, 0.1) is 18.8 Å². The largest absolute Gasteiger partial charge is 0.480 e. The van der Waals surface area contributed by atoms with Gasteiger partial charge in [0.2, 0.25) is 0 Å². The fourth-order valence-electron chi connectivity index (χ4n) is 3.57. The smallest absolute Gasteiger partial charge is 0.321 e. The summed E-state index contributed by atoms with van der Waals surface area (Å²) in [5.41, 5.74) is 0. The van der Waals surface area contributed by atoms with Crippen molar-refractivity contribution < 1.29 is 9.90 Å². The second kappa shape index (κ2) is 4.63. The molecule has 1 aliphatic heterocycles. The second-order valence-corrected chi connectivity index (χ2v) is 6.73. The molecule has 0 amide bonds. The van der Waals surface area contributed by atoms with Gasteiger partial charge in [-0.2, -0.15) is 0 Å². The molecule has 4 nitrogen and oxygen atoms in total. The Morgan fingerprint density at radius 3 is 3.11 bits per heavy atom. The van der Waals surface area contributed by atoms with Crippen LogP contribution < -0.4 is 0 Å². The van der Waals surface area contributed by atoms with Gasteiger partial charge in [0.05, 0.1) is 5.01 Å². The van der Waals surface area contributed by atoms with Gasteiger partial charge in [0, 0.05) is 24.2 Å². The van der Waals surface area contributed by atoms with Crippen LogP contribution in [0.25, 0.3) is 0 Å². The van der Waals surface area contributed by atoms with E-state index in [2.05, 4.69) is 9.88 Å². The molecule has 0 radical (unpaired) electrons. The second-order valence-electron chi connectivity index (χ2n) is 5.41. The van der Waals surface area contributed by atoms with Crippen LogP contribution >= 0.6 is 11.3 Å². The van der Waals surface area contributed by atoms with E-state index < -0.39 is 5.97 Å². The molecule has 0 bridgehead atoms. The predicted octanol–water partition coefficient (Wildman–Crippen LogP) is 2.14. The lowest BCUT2D eigenvalue weighted by Crippen LogP contribution is -2.38. The molecule has 1 aromatic rings. The molecule has 3 unspecified atom stereocenters. The molecule has 18 heavy (non-hydrogen) atoms. The molecule has 1 aliphatic carbocycles. The van der Waals surface area contributed by atoms with E-state index in [1.165, 1.54) is 17.7 Å². The number of nitrogens with zero attached hydrogens (tertiary/aromatic N) is 2. The third-order valence-electron chi connectivity index (χ3n) is 4.27. The van der Waals surface area contributed by atoms with Crippen LogP contribution in [0.2, 0.25) is 0 Å². The van der Waals surface area contributed by atoms with Gasteiger partial charge in [-0.05, 0) is 31.6 Å². The van der Waals surface area contributed by atoms with Gasteiger partial charge in [-0.25, -0.2) is 4.98 Å². The summed E-state index contributed by atoms with van der Waals surface area (Å²) in [6.45, 7) is 3.68. The number of thiazole rings is 1. The average Bonchev–Trinajstić information content (AvgIpc) is 2.93. The van der Waals surface area contributed by atoms with Crippen LogP contribution in [0.5, 0.6) is 0 Å². The zero-order chi connectivity index (χ0) is 12.7. The number of fused-ring (bicyclic) bond motifs is 1. The number of aromatic nitrogens is 1. The number of aryl methyl sites for hydroxylation is 1. The van der Waals surface area contributed by atoms with E-state index >= 15 is 0 Å². The normalized spacial score (nSPS) is 31.7. The molecule has 1 saturated heterocycles. The van der Waals surface area contributed by atoms with E-state index in [4.69, 9.17) is 0 Å². The molecule has 98 valence electrons. The molecule has 0 aromatic carbocycles. The van der Waals surface area contributed by atoms with Crippen LogP contribution in [-0.2, 0) is 11.3 Å². The van der Waals surface area contributed by atoms with Crippen molar-refractivity contribution in [2.45, 2.75) is 38.8 Å². The van der Waals surface area contributed by atoms with Crippen LogP contribution in [0.15, 0.2) is 6.20 Å². The quantitative estimate of drug-likeness (QED) is 0.910. The van der Waals surface area contributed by atoms with Gasteiger partial charge in [-0.15, -0.1) is 11.3 Å². The number of hydrogen-bond donors (Lipinski definition) is 1. The lowest BCUT2D eigenvalue weighted by Gasteiger charge is -2.23. The zero-order valence-electron chi connectivity index (χ0n) is 10.5. The zero-order valence-corrected chi connectivity index (χ0v) is 11.3. The fraction of sp³-hybridized carbons (Fsp3) is 0.692. The first kappa shape index (κ1) is 12.1. The standard InChI is InChI=1S/C13H18N2O2S/c1-8-14-5-10(18-8)7-15-6-9-3-2-4-11(9)12(15)13(16)17/h5,9,11-12H,2-4,6-7H2,1H3,(H,16,17). The van der Waals surface area contributed by atoms with Crippen molar-refractivity contribution in [3.8, 4) is 0 Å². The van der Waals surface area contributed by atoms with Crippen molar-refractivity contribution in [3.05, 3.63) is 16.1 Å². The molecule has 5 heteroatoms. The monoisotopic (exact) mass is 266 g/mol. The van der Waals surface area contributed by atoms with Crippen molar-refractivity contribution in [1.82, 2.24) is 9.88 Å². The summed E-state index contributed by atoms with van der Waals surface area (Å²) >= 11 is 1.67. The molecule has 1 N–H and O–H groups in total. The molecular formula is C13H18N2O2S. The molecule has 3 atom stereocenters. The van der Waals surface area contributed by atoms with Crippen LogP contribution in [0.4, 0.5) is 0 Å². The molecule has 2 fully saturated rings. The number of hydrogen-bond acceptors (Lipinski definition) is 4. The van der Waals surface area contributed by atoms with E-state index in [0.29, 0.717) is 11.8 Å². The first-order valence-electron chi connectivity index (χ1n) is 6.53. The van der Waals surface area contributed by atoms with Gasteiger partial charge in [0.25, 0.3) is 0 Å². The number of aliphatic carboxylic acids is 1. The number of carboxylic acids is 1. The van der Waals surface area contributed by atoms with E-state index in [1.54, 1.807) is 11.3 Å². The molecule has 1 aromatic heterocycles. The molecule has 2 heterocycles. The Balaban J connectivity index is 1.77.